The van der Waals surface area contributed by atoms with Gasteiger partial charge in [0.2, 0.25) is 5.90 Å². The quantitative estimate of drug-likeness (QED) is 0.309. The zero-order valence-corrected chi connectivity index (χ0v) is 21.5. The van der Waals surface area contributed by atoms with E-state index in [0.29, 0.717) is 30.0 Å². The van der Waals surface area contributed by atoms with Gasteiger partial charge in [-0.15, -0.1) is 0 Å². The Morgan fingerprint density at radius 3 is 2.21 bits per heavy atom. The lowest BCUT2D eigenvalue weighted by atomic mass is 9.88. The standard InChI is InChI=1S/C24H21ClF6N4O3S/c25-17-3-1-14(2-4-17)13-32-21(36)37-19-12-22(38-34-19)5-7-35(8-6-22)20(39)33-18-10-15(23(26,27)28)9-16(11-18)24(29,30)31/h1-4,9-11H,5-8,12-13H2,(H,32,36)(H,33,39). The predicted octanol–water partition coefficient (Wildman–Crippen LogP) is 6.57. The summed E-state index contributed by atoms with van der Waals surface area (Å²) in [4.78, 5) is 19.3. The van der Waals surface area contributed by atoms with Gasteiger partial charge in [0, 0.05) is 43.2 Å². The number of thiocarbonyl (C=S) groups is 1. The Morgan fingerprint density at radius 2 is 1.64 bits per heavy atom. The zero-order chi connectivity index (χ0) is 28.4. The molecule has 15 heteroatoms. The van der Waals surface area contributed by atoms with Crippen LogP contribution in [0.3, 0.4) is 0 Å². The minimum atomic E-state index is -4.97. The second-order valence-corrected chi connectivity index (χ2v) is 9.84. The number of likely N-dealkylation sites (tertiary alicyclic amines) is 1. The van der Waals surface area contributed by atoms with Crippen LogP contribution in [0.5, 0.6) is 0 Å². The van der Waals surface area contributed by atoms with Crippen LogP contribution >= 0.6 is 23.8 Å². The first-order valence-corrected chi connectivity index (χ1v) is 12.3. The fourth-order valence-corrected chi connectivity index (χ4v) is 4.50. The summed E-state index contributed by atoms with van der Waals surface area (Å²) in [6.45, 7) is 0.774. The molecule has 2 aromatic rings. The highest BCUT2D eigenvalue weighted by Crippen LogP contribution is 2.38. The lowest BCUT2D eigenvalue weighted by Gasteiger charge is -2.38. The van der Waals surface area contributed by atoms with Gasteiger partial charge in [0.25, 0.3) is 0 Å². The Labute approximate surface area is 229 Å². The molecule has 0 saturated carbocycles. The van der Waals surface area contributed by atoms with E-state index in [1.807, 2.05) is 0 Å². The molecule has 2 aromatic carbocycles. The van der Waals surface area contributed by atoms with Crippen LogP contribution in [0.4, 0.5) is 36.8 Å². The van der Waals surface area contributed by atoms with E-state index >= 15 is 0 Å². The highest BCUT2D eigenvalue weighted by Gasteiger charge is 2.44. The van der Waals surface area contributed by atoms with E-state index in [-0.39, 0.29) is 43.1 Å². The maximum atomic E-state index is 13.1. The van der Waals surface area contributed by atoms with Crippen molar-refractivity contribution in [3.63, 3.8) is 0 Å². The molecular weight excluding hydrogens is 574 g/mol. The van der Waals surface area contributed by atoms with Crippen LogP contribution in [0.25, 0.3) is 0 Å². The first kappa shape index (κ1) is 28.7. The van der Waals surface area contributed by atoms with Gasteiger partial charge in [0.15, 0.2) is 5.11 Å². The molecule has 1 spiro atoms. The topological polar surface area (TPSA) is 75.2 Å². The number of hydrogen-bond donors (Lipinski definition) is 2. The Morgan fingerprint density at radius 1 is 1.05 bits per heavy atom. The van der Waals surface area contributed by atoms with E-state index in [9.17, 15) is 31.1 Å². The number of halogens is 7. The summed E-state index contributed by atoms with van der Waals surface area (Å²) >= 11 is 11.1. The van der Waals surface area contributed by atoms with E-state index < -0.39 is 40.9 Å². The van der Waals surface area contributed by atoms with Gasteiger partial charge in [-0.1, -0.05) is 28.9 Å². The number of carbonyl (C=O) groups is 1. The zero-order valence-electron chi connectivity index (χ0n) is 20.0. The number of nitrogens with zero attached hydrogens (tertiary/aromatic N) is 2. The van der Waals surface area contributed by atoms with E-state index in [1.54, 1.807) is 29.2 Å². The van der Waals surface area contributed by atoms with Crippen molar-refractivity contribution in [1.29, 1.82) is 0 Å². The van der Waals surface area contributed by atoms with E-state index in [0.717, 1.165) is 5.56 Å². The van der Waals surface area contributed by atoms with Crippen LogP contribution in [0, 0.1) is 0 Å². The molecule has 0 unspecified atom stereocenters. The maximum Gasteiger partial charge on any atom is 0.416 e. The van der Waals surface area contributed by atoms with Gasteiger partial charge in [-0.05, 0) is 48.1 Å². The summed E-state index contributed by atoms with van der Waals surface area (Å²) in [5.74, 6) is 0.0846. The molecule has 1 amide bonds. The molecular formula is C24H21ClF6N4O3S. The summed E-state index contributed by atoms with van der Waals surface area (Å²) in [6.07, 6.45) is -9.71. The minimum Gasteiger partial charge on any atom is -0.392 e. The lowest BCUT2D eigenvalue weighted by molar-refractivity contribution is -0.143. The van der Waals surface area contributed by atoms with Crippen molar-refractivity contribution in [3.8, 4) is 0 Å². The first-order chi connectivity index (χ1) is 18.2. The van der Waals surface area contributed by atoms with Crippen molar-refractivity contribution in [2.45, 2.75) is 43.8 Å². The molecule has 2 aliphatic rings. The molecule has 1 saturated heterocycles. The van der Waals surface area contributed by atoms with Crippen molar-refractivity contribution in [2.24, 2.45) is 5.16 Å². The summed E-state index contributed by atoms with van der Waals surface area (Å²) < 4.78 is 84.1. The number of hydrogen-bond acceptors (Lipinski definition) is 5. The van der Waals surface area contributed by atoms with Crippen molar-refractivity contribution in [1.82, 2.24) is 10.2 Å². The predicted molar refractivity (Wildman–Crippen MR) is 134 cm³/mol. The van der Waals surface area contributed by atoms with E-state index in [4.69, 9.17) is 33.4 Å². The lowest BCUT2D eigenvalue weighted by Crippen LogP contribution is -2.48. The van der Waals surface area contributed by atoms with Gasteiger partial charge < -0.3 is 25.1 Å². The SMILES string of the molecule is O=C(NCc1ccc(Cl)cc1)OC1=NOC2(CCN(C(=S)Nc3cc(C(F)(F)F)cc(C(F)(F)F)c3)CC2)C1. The van der Waals surface area contributed by atoms with Crippen molar-refractivity contribution >= 4 is 46.6 Å². The van der Waals surface area contributed by atoms with E-state index in [2.05, 4.69) is 15.8 Å². The van der Waals surface area contributed by atoms with Crippen LogP contribution in [-0.2, 0) is 28.5 Å². The normalized spacial score (nSPS) is 16.9. The number of piperidine rings is 1. The summed E-state index contributed by atoms with van der Waals surface area (Å²) in [5, 5.41) is 9.47. The number of anilines is 1. The third-order valence-corrected chi connectivity index (χ3v) is 6.79. The van der Waals surface area contributed by atoms with Gasteiger partial charge in [-0.3, -0.25) is 0 Å². The number of alkyl carbamates (subject to hydrolysis) is 1. The highest BCUT2D eigenvalue weighted by atomic mass is 35.5. The number of amides is 1. The summed E-state index contributed by atoms with van der Waals surface area (Å²) in [6, 6.07) is 8.08. The Kier molecular flexibility index (Phi) is 8.17. The molecule has 0 radical (unpaired) electrons. The van der Waals surface area contributed by atoms with Crippen molar-refractivity contribution in [3.05, 3.63) is 64.2 Å². The first-order valence-electron chi connectivity index (χ1n) is 11.5. The largest absolute Gasteiger partial charge is 0.416 e. The molecule has 0 bridgehead atoms. The van der Waals surface area contributed by atoms with Gasteiger partial charge in [0.1, 0.15) is 5.60 Å². The van der Waals surface area contributed by atoms with Crippen LogP contribution < -0.4 is 10.6 Å². The number of benzene rings is 2. The fraction of sp³-hybridized carbons (Fsp3) is 0.375. The smallest absolute Gasteiger partial charge is 0.392 e. The van der Waals surface area contributed by atoms with Gasteiger partial charge in [-0.2, -0.15) is 26.3 Å². The van der Waals surface area contributed by atoms with Crippen LogP contribution in [0.2, 0.25) is 5.02 Å². The molecule has 7 nitrogen and oxygen atoms in total. The van der Waals surface area contributed by atoms with Crippen molar-refractivity contribution < 1.29 is 40.7 Å². The summed E-state index contributed by atoms with van der Waals surface area (Å²) in [5.41, 5.74) is -3.27. The Bertz CT molecular complexity index is 1230. The number of nitrogens with one attached hydrogen (secondary N) is 2. The molecule has 2 heterocycles. The maximum absolute atomic E-state index is 13.1. The molecule has 39 heavy (non-hydrogen) atoms. The Balaban J connectivity index is 1.28. The molecule has 0 atom stereocenters. The molecule has 0 aliphatic carbocycles. The second kappa shape index (κ2) is 11.1. The third kappa shape index (κ3) is 7.44. The fourth-order valence-electron chi connectivity index (χ4n) is 4.08. The van der Waals surface area contributed by atoms with Gasteiger partial charge in [-0.25, -0.2) is 4.79 Å². The second-order valence-electron chi connectivity index (χ2n) is 9.02. The number of rotatable bonds is 3. The number of oxime groups is 1. The van der Waals surface area contributed by atoms with Crippen LogP contribution in [0.15, 0.2) is 47.6 Å². The van der Waals surface area contributed by atoms with Gasteiger partial charge in [0.05, 0.1) is 17.5 Å². The third-order valence-electron chi connectivity index (χ3n) is 6.18. The van der Waals surface area contributed by atoms with Crippen molar-refractivity contribution in [2.75, 3.05) is 18.4 Å². The average Bonchev–Trinajstić information content (AvgIpc) is 3.24. The number of ether oxygens (including phenoxy) is 1. The molecule has 2 N–H and O–H groups in total. The molecule has 1 fully saturated rings. The molecule has 4 rings (SSSR count). The average molecular weight is 595 g/mol. The van der Waals surface area contributed by atoms with Gasteiger partial charge >= 0.3 is 18.4 Å². The van der Waals surface area contributed by atoms with E-state index in [1.165, 1.54) is 0 Å². The molecule has 210 valence electrons. The summed E-state index contributed by atoms with van der Waals surface area (Å²) in [7, 11) is 0. The highest BCUT2D eigenvalue weighted by molar-refractivity contribution is 7.80. The Hall–Kier alpha value is -3.26. The monoisotopic (exact) mass is 594 g/mol. The molecule has 0 aromatic heterocycles. The minimum absolute atomic E-state index is 0.0331. The van der Waals surface area contributed by atoms with Crippen LogP contribution in [0.1, 0.15) is 36.0 Å². The number of alkyl halides is 6. The van der Waals surface area contributed by atoms with Crippen LogP contribution in [-0.4, -0.2) is 40.7 Å². The number of carbonyl (C=O) groups excluding carboxylic acids is 1. The molecule has 2 aliphatic heterocycles.